The summed E-state index contributed by atoms with van der Waals surface area (Å²) in [7, 11) is 0. The molecule has 0 atom stereocenters. The highest BCUT2D eigenvalue weighted by Crippen LogP contribution is 2.20. The molecule has 0 fully saturated rings. The second-order valence-electron chi connectivity index (χ2n) is 3.85. The van der Waals surface area contributed by atoms with Crippen LogP contribution in [-0.4, -0.2) is 11.0 Å². The summed E-state index contributed by atoms with van der Waals surface area (Å²) in [6.07, 6.45) is -0.725. The third-order valence-electron chi connectivity index (χ3n) is 2.46. The smallest absolute Gasteiger partial charge is 0.410 e. The number of nitro benzene ring substituents is 1. The van der Waals surface area contributed by atoms with E-state index in [1.165, 1.54) is 24.3 Å². The van der Waals surface area contributed by atoms with Crippen LogP contribution in [0.2, 0.25) is 0 Å². The minimum Gasteiger partial charge on any atom is -0.410 e. The normalized spacial score (nSPS) is 9.80. The zero-order chi connectivity index (χ0) is 14.5. The molecule has 0 radical (unpaired) electrons. The van der Waals surface area contributed by atoms with Crippen LogP contribution in [0.3, 0.4) is 0 Å². The van der Waals surface area contributed by atoms with Gasteiger partial charge in [0.25, 0.3) is 5.69 Å². The lowest BCUT2D eigenvalue weighted by atomic mass is 10.3. The maximum Gasteiger partial charge on any atom is 0.417 e. The molecule has 102 valence electrons. The summed E-state index contributed by atoms with van der Waals surface area (Å²) >= 11 is 0. The monoisotopic (exact) mass is 273 g/mol. The van der Waals surface area contributed by atoms with E-state index in [2.05, 4.69) is 5.32 Å². The number of hydrogen-bond donors (Lipinski definition) is 2. The molecule has 2 aromatic rings. The summed E-state index contributed by atoms with van der Waals surface area (Å²) < 4.78 is 4.98. The van der Waals surface area contributed by atoms with Crippen LogP contribution < -0.4 is 15.8 Å². The van der Waals surface area contributed by atoms with E-state index in [1.807, 2.05) is 0 Å². The van der Waals surface area contributed by atoms with Gasteiger partial charge in [0.1, 0.15) is 5.75 Å². The van der Waals surface area contributed by atoms with E-state index in [-0.39, 0.29) is 11.4 Å². The number of anilines is 2. The molecule has 3 N–H and O–H groups in total. The number of nitrogen functional groups attached to an aromatic ring is 1. The molecule has 2 aromatic carbocycles. The first-order valence-corrected chi connectivity index (χ1v) is 5.64. The van der Waals surface area contributed by atoms with E-state index in [1.54, 1.807) is 24.3 Å². The highest BCUT2D eigenvalue weighted by Gasteiger charge is 2.09. The number of para-hydroxylation sites is 2. The summed E-state index contributed by atoms with van der Waals surface area (Å²) in [5.41, 5.74) is 6.43. The van der Waals surface area contributed by atoms with Crippen molar-refractivity contribution < 1.29 is 14.5 Å². The van der Waals surface area contributed by atoms with Crippen LogP contribution in [0.1, 0.15) is 0 Å². The molecular formula is C13H11N3O4. The molecule has 0 bridgehead atoms. The van der Waals surface area contributed by atoms with Gasteiger partial charge in [0.2, 0.25) is 0 Å². The van der Waals surface area contributed by atoms with Crippen LogP contribution in [-0.2, 0) is 0 Å². The van der Waals surface area contributed by atoms with Gasteiger partial charge in [-0.1, -0.05) is 12.1 Å². The molecule has 0 heterocycles. The van der Waals surface area contributed by atoms with Crippen molar-refractivity contribution in [2.24, 2.45) is 0 Å². The van der Waals surface area contributed by atoms with Gasteiger partial charge in [-0.05, 0) is 24.3 Å². The number of nitro groups is 1. The maximum absolute atomic E-state index is 11.6. The summed E-state index contributed by atoms with van der Waals surface area (Å²) in [6.45, 7) is 0. The van der Waals surface area contributed by atoms with Gasteiger partial charge < -0.3 is 10.5 Å². The van der Waals surface area contributed by atoms with Crippen molar-refractivity contribution >= 4 is 23.2 Å². The first kappa shape index (κ1) is 13.3. The second-order valence-corrected chi connectivity index (χ2v) is 3.85. The number of benzene rings is 2. The Bertz CT molecular complexity index is 640. The third kappa shape index (κ3) is 3.22. The molecule has 0 aromatic heterocycles. The molecule has 0 aliphatic heterocycles. The highest BCUT2D eigenvalue weighted by molar-refractivity contribution is 5.90. The fraction of sp³-hybridized carbons (Fsp3) is 0. The fourth-order valence-electron chi connectivity index (χ4n) is 1.49. The average Bonchev–Trinajstić information content (AvgIpc) is 2.42. The number of carbonyl (C=O) groups excluding carboxylic acids is 1. The van der Waals surface area contributed by atoms with E-state index in [4.69, 9.17) is 10.5 Å². The number of nitrogens with one attached hydrogen (secondary N) is 1. The Morgan fingerprint density at radius 1 is 1.15 bits per heavy atom. The number of nitrogens with two attached hydrogens (primary N) is 1. The fourth-order valence-corrected chi connectivity index (χ4v) is 1.49. The highest BCUT2D eigenvalue weighted by atomic mass is 16.6. The Kier molecular flexibility index (Phi) is 3.80. The van der Waals surface area contributed by atoms with E-state index in [0.29, 0.717) is 11.4 Å². The van der Waals surface area contributed by atoms with Crippen LogP contribution in [0.15, 0.2) is 48.5 Å². The molecule has 2 rings (SSSR count). The molecule has 0 spiro atoms. The molecular weight excluding hydrogens is 262 g/mol. The van der Waals surface area contributed by atoms with Gasteiger partial charge in [-0.15, -0.1) is 0 Å². The number of non-ortho nitro benzene ring substituents is 1. The van der Waals surface area contributed by atoms with Crippen molar-refractivity contribution in [3.8, 4) is 5.75 Å². The summed E-state index contributed by atoms with van der Waals surface area (Å²) in [5.74, 6) is 0.197. The molecule has 0 aliphatic rings. The molecule has 20 heavy (non-hydrogen) atoms. The van der Waals surface area contributed by atoms with Crippen LogP contribution in [0, 0.1) is 10.1 Å². The lowest BCUT2D eigenvalue weighted by Gasteiger charge is -2.08. The Labute approximate surface area is 114 Å². The minimum atomic E-state index is -0.725. The SMILES string of the molecule is Nc1ccccc1NC(=O)Oc1ccc([N+](=O)[O-])cc1. The topological polar surface area (TPSA) is 107 Å². The molecule has 1 amide bonds. The Morgan fingerprint density at radius 2 is 1.80 bits per heavy atom. The first-order valence-electron chi connectivity index (χ1n) is 5.64. The van der Waals surface area contributed by atoms with Crippen LogP contribution >= 0.6 is 0 Å². The van der Waals surface area contributed by atoms with Crippen LogP contribution in [0.25, 0.3) is 0 Å². The third-order valence-corrected chi connectivity index (χ3v) is 2.46. The quantitative estimate of drug-likeness (QED) is 0.508. The molecule has 7 heteroatoms. The Hall–Kier alpha value is -3.09. The first-order chi connectivity index (χ1) is 9.56. The predicted octanol–water partition coefficient (Wildman–Crippen LogP) is 2.79. The second kappa shape index (κ2) is 5.70. The Balaban J connectivity index is 2.01. The van der Waals surface area contributed by atoms with Gasteiger partial charge in [-0.25, -0.2) is 4.79 Å². The number of amides is 1. The van der Waals surface area contributed by atoms with Gasteiger partial charge in [-0.3, -0.25) is 15.4 Å². The number of ether oxygens (including phenoxy) is 1. The zero-order valence-electron chi connectivity index (χ0n) is 10.3. The van der Waals surface area contributed by atoms with Gasteiger partial charge in [0.15, 0.2) is 0 Å². The largest absolute Gasteiger partial charge is 0.417 e. The summed E-state index contributed by atoms with van der Waals surface area (Å²) in [6, 6.07) is 11.9. The van der Waals surface area contributed by atoms with Gasteiger partial charge >= 0.3 is 6.09 Å². The van der Waals surface area contributed by atoms with Crippen molar-refractivity contribution in [2.75, 3.05) is 11.1 Å². The van der Waals surface area contributed by atoms with E-state index < -0.39 is 11.0 Å². The predicted molar refractivity (Wildman–Crippen MR) is 73.6 cm³/mol. The van der Waals surface area contributed by atoms with Gasteiger partial charge in [0.05, 0.1) is 16.3 Å². The summed E-state index contributed by atoms with van der Waals surface area (Å²) in [5, 5.41) is 13.0. The van der Waals surface area contributed by atoms with Gasteiger partial charge in [0, 0.05) is 12.1 Å². The van der Waals surface area contributed by atoms with E-state index in [0.717, 1.165) is 0 Å². The number of carbonyl (C=O) groups is 1. The molecule has 7 nitrogen and oxygen atoms in total. The zero-order valence-corrected chi connectivity index (χ0v) is 10.3. The van der Waals surface area contributed by atoms with E-state index >= 15 is 0 Å². The Morgan fingerprint density at radius 3 is 2.40 bits per heavy atom. The lowest BCUT2D eigenvalue weighted by molar-refractivity contribution is -0.384. The number of rotatable bonds is 3. The van der Waals surface area contributed by atoms with Crippen molar-refractivity contribution in [3.05, 3.63) is 58.6 Å². The standard InChI is InChI=1S/C13H11N3O4/c14-11-3-1-2-4-12(11)15-13(17)20-10-7-5-9(6-8-10)16(18)19/h1-8H,14H2,(H,15,17). The lowest BCUT2D eigenvalue weighted by Crippen LogP contribution is -2.17. The minimum absolute atomic E-state index is 0.0786. The van der Waals surface area contributed by atoms with Crippen LogP contribution in [0.5, 0.6) is 5.75 Å². The van der Waals surface area contributed by atoms with Gasteiger partial charge in [-0.2, -0.15) is 0 Å². The number of hydrogen-bond acceptors (Lipinski definition) is 5. The molecule has 0 unspecified atom stereocenters. The van der Waals surface area contributed by atoms with Crippen molar-refractivity contribution in [1.29, 1.82) is 0 Å². The maximum atomic E-state index is 11.6. The average molecular weight is 273 g/mol. The molecule has 0 aliphatic carbocycles. The number of nitrogens with zero attached hydrogens (tertiary/aromatic N) is 1. The van der Waals surface area contributed by atoms with Crippen molar-refractivity contribution in [1.82, 2.24) is 0 Å². The summed E-state index contributed by atoms with van der Waals surface area (Å²) in [4.78, 5) is 21.6. The van der Waals surface area contributed by atoms with Crippen molar-refractivity contribution in [3.63, 3.8) is 0 Å². The van der Waals surface area contributed by atoms with Crippen LogP contribution in [0.4, 0.5) is 21.9 Å². The molecule has 0 saturated heterocycles. The van der Waals surface area contributed by atoms with E-state index in [9.17, 15) is 14.9 Å². The molecule has 0 saturated carbocycles. The van der Waals surface area contributed by atoms with Crippen molar-refractivity contribution in [2.45, 2.75) is 0 Å².